The van der Waals surface area contributed by atoms with E-state index in [0.717, 1.165) is 5.56 Å². The minimum Gasteiger partial charge on any atom is -0.481 e. The van der Waals surface area contributed by atoms with E-state index in [1.54, 1.807) is 31.2 Å². The van der Waals surface area contributed by atoms with Crippen molar-refractivity contribution < 1.29 is 18.7 Å². The molecule has 4 heteroatoms. The van der Waals surface area contributed by atoms with Crippen LogP contribution in [0.4, 0.5) is 8.78 Å². The van der Waals surface area contributed by atoms with Crippen molar-refractivity contribution in [2.45, 2.75) is 19.8 Å². The maximum absolute atomic E-state index is 13.6. The Balaban J connectivity index is 2.22. The van der Waals surface area contributed by atoms with Crippen molar-refractivity contribution in [3.63, 3.8) is 0 Å². The molecule has 0 saturated carbocycles. The van der Waals surface area contributed by atoms with Crippen LogP contribution in [0.5, 0.6) is 0 Å². The topological polar surface area (TPSA) is 37.3 Å². The minimum absolute atomic E-state index is 0.0813. The predicted octanol–water partition coefficient (Wildman–Crippen LogP) is 3.76. The molecule has 110 valence electrons. The smallest absolute Gasteiger partial charge is 0.307 e. The summed E-state index contributed by atoms with van der Waals surface area (Å²) in [5.74, 6) is -2.62. The number of hydrogen-bond acceptors (Lipinski definition) is 1. The summed E-state index contributed by atoms with van der Waals surface area (Å²) in [5, 5.41) is 9.33. The van der Waals surface area contributed by atoms with Gasteiger partial charge in [0.1, 0.15) is 11.6 Å². The fraction of sp³-hybridized carbons (Fsp3) is 0.235. The summed E-state index contributed by atoms with van der Waals surface area (Å²) in [4.78, 5) is 11.4. The molecule has 0 aliphatic rings. The first-order valence-corrected chi connectivity index (χ1v) is 6.68. The number of halogens is 2. The van der Waals surface area contributed by atoms with Crippen LogP contribution in [0.3, 0.4) is 0 Å². The molecular weight excluding hydrogens is 274 g/mol. The Bertz CT molecular complexity index is 653. The van der Waals surface area contributed by atoms with Gasteiger partial charge in [-0.15, -0.1) is 0 Å². The van der Waals surface area contributed by atoms with Crippen LogP contribution in [0.1, 0.15) is 16.7 Å². The highest BCUT2D eigenvalue weighted by molar-refractivity contribution is 5.71. The Hall–Kier alpha value is -2.23. The van der Waals surface area contributed by atoms with E-state index in [1.165, 1.54) is 18.2 Å². The minimum atomic E-state index is -1.01. The van der Waals surface area contributed by atoms with Crippen LogP contribution in [0.2, 0.25) is 0 Å². The third-order valence-corrected chi connectivity index (χ3v) is 3.55. The number of carboxylic acid groups (broad SMARTS) is 1. The van der Waals surface area contributed by atoms with Gasteiger partial charge in [-0.1, -0.05) is 24.3 Å². The van der Waals surface area contributed by atoms with Gasteiger partial charge < -0.3 is 5.11 Å². The highest BCUT2D eigenvalue weighted by atomic mass is 19.1. The van der Waals surface area contributed by atoms with Gasteiger partial charge in [-0.2, -0.15) is 0 Å². The van der Waals surface area contributed by atoms with Crippen LogP contribution in [-0.2, 0) is 17.6 Å². The maximum Gasteiger partial charge on any atom is 0.307 e. The summed E-state index contributed by atoms with van der Waals surface area (Å²) in [6.45, 7) is 1.80. The van der Waals surface area contributed by atoms with Crippen LogP contribution in [0, 0.1) is 24.5 Å². The largest absolute Gasteiger partial charge is 0.481 e. The molecule has 0 bridgehead atoms. The monoisotopic (exact) mass is 290 g/mol. The number of hydrogen-bond donors (Lipinski definition) is 1. The van der Waals surface area contributed by atoms with E-state index >= 15 is 0 Å². The highest BCUT2D eigenvalue weighted by Crippen LogP contribution is 2.20. The summed E-state index contributed by atoms with van der Waals surface area (Å²) >= 11 is 0. The molecule has 0 radical (unpaired) electrons. The SMILES string of the molecule is Cc1ccc(F)cc1CC(Cc1ccccc1F)C(=O)O. The first-order valence-electron chi connectivity index (χ1n) is 6.68. The number of aryl methyl sites for hydroxylation is 1. The molecule has 0 fully saturated rings. The van der Waals surface area contributed by atoms with Gasteiger partial charge in [-0.05, 0) is 54.7 Å². The van der Waals surface area contributed by atoms with Gasteiger partial charge in [0.05, 0.1) is 5.92 Å². The van der Waals surface area contributed by atoms with Gasteiger partial charge in [-0.3, -0.25) is 4.79 Å². The van der Waals surface area contributed by atoms with E-state index in [9.17, 15) is 18.7 Å². The summed E-state index contributed by atoms with van der Waals surface area (Å²) < 4.78 is 26.9. The molecule has 0 spiro atoms. The lowest BCUT2D eigenvalue weighted by Crippen LogP contribution is -2.20. The molecule has 0 amide bonds. The molecule has 2 aromatic carbocycles. The zero-order valence-electron chi connectivity index (χ0n) is 11.6. The van der Waals surface area contributed by atoms with Crippen molar-refractivity contribution in [3.8, 4) is 0 Å². The van der Waals surface area contributed by atoms with E-state index in [4.69, 9.17) is 0 Å². The fourth-order valence-electron chi connectivity index (χ4n) is 2.30. The zero-order chi connectivity index (χ0) is 15.4. The number of benzene rings is 2. The van der Waals surface area contributed by atoms with Crippen molar-refractivity contribution in [1.82, 2.24) is 0 Å². The van der Waals surface area contributed by atoms with E-state index < -0.39 is 23.5 Å². The molecule has 1 N–H and O–H groups in total. The van der Waals surface area contributed by atoms with Crippen molar-refractivity contribution in [2.75, 3.05) is 0 Å². The second-order valence-electron chi connectivity index (χ2n) is 5.11. The van der Waals surface area contributed by atoms with E-state index in [2.05, 4.69) is 0 Å². The third-order valence-electron chi connectivity index (χ3n) is 3.55. The second kappa shape index (κ2) is 6.48. The van der Waals surface area contributed by atoms with Crippen LogP contribution in [0.15, 0.2) is 42.5 Å². The Morgan fingerprint density at radius 3 is 2.43 bits per heavy atom. The van der Waals surface area contributed by atoms with E-state index in [1.807, 2.05) is 0 Å². The van der Waals surface area contributed by atoms with Gasteiger partial charge >= 0.3 is 5.97 Å². The molecule has 2 nitrogen and oxygen atoms in total. The maximum atomic E-state index is 13.6. The molecule has 1 unspecified atom stereocenters. The van der Waals surface area contributed by atoms with Crippen molar-refractivity contribution >= 4 is 5.97 Å². The van der Waals surface area contributed by atoms with Crippen LogP contribution >= 0.6 is 0 Å². The van der Waals surface area contributed by atoms with E-state index in [0.29, 0.717) is 11.1 Å². The second-order valence-corrected chi connectivity index (χ2v) is 5.11. The Labute approximate surface area is 122 Å². The summed E-state index contributed by atoms with van der Waals surface area (Å²) in [6, 6.07) is 10.4. The Morgan fingerprint density at radius 1 is 1.10 bits per heavy atom. The van der Waals surface area contributed by atoms with Crippen molar-refractivity contribution in [3.05, 3.63) is 70.8 Å². The third kappa shape index (κ3) is 3.88. The highest BCUT2D eigenvalue weighted by Gasteiger charge is 2.21. The predicted molar refractivity (Wildman–Crippen MR) is 76.1 cm³/mol. The van der Waals surface area contributed by atoms with Crippen molar-refractivity contribution in [1.29, 1.82) is 0 Å². The lowest BCUT2D eigenvalue weighted by atomic mass is 9.90. The van der Waals surface area contributed by atoms with Gasteiger partial charge in [0.15, 0.2) is 0 Å². The Kier molecular flexibility index (Phi) is 4.68. The number of carboxylic acids is 1. The molecule has 2 rings (SSSR count). The quantitative estimate of drug-likeness (QED) is 0.910. The molecule has 1 atom stereocenters. The standard InChI is InChI=1S/C17H16F2O2/c1-11-6-7-15(18)10-13(11)9-14(17(20)21)8-12-4-2-3-5-16(12)19/h2-7,10,14H,8-9H2,1H3,(H,20,21). The molecule has 0 aromatic heterocycles. The molecule has 21 heavy (non-hydrogen) atoms. The lowest BCUT2D eigenvalue weighted by molar-refractivity contribution is -0.141. The number of aliphatic carboxylic acids is 1. The molecular formula is C17H16F2O2. The fourth-order valence-corrected chi connectivity index (χ4v) is 2.30. The zero-order valence-corrected chi connectivity index (χ0v) is 11.6. The van der Waals surface area contributed by atoms with E-state index in [-0.39, 0.29) is 12.8 Å². The van der Waals surface area contributed by atoms with Gasteiger partial charge in [0.25, 0.3) is 0 Å². The lowest BCUT2D eigenvalue weighted by Gasteiger charge is -2.14. The summed E-state index contributed by atoms with van der Waals surface area (Å²) in [7, 11) is 0. The molecule has 0 saturated heterocycles. The van der Waals surface area contributed by atoms with Gasteiger partial charge in [-0.25, -0.2) is 8.78 Å². The van der Waals surface area contributed by atoms with Gasteiger partial charge in [0, 0.05) is 0 Å². The number of rotatable bonds is 5. The summed E-state index contributed by atoms with van der Waals surface area (Å²) in [6.07, 6.45) is 0.255. The first kappa shape index (κ1) is 15.2. The molecule has 2 aromatic rings. The van der Waals surface area contributed by atoms with Crippen LogP contribution < -0.4 is 0 Å². The summed E-state index contributed by atoms with van der Waals surface area (Å²) in [5.41, 5.74) is 1.83. The van der Waals surface area contributed by atoms with Crippen LogP contribution in [0.25, 0.3) is 0 Å². The molecule has 0 aliphatic carbocycles. The Morgan fingerprint density at radius 2 is 1.76 bits per heavy atom. The van der Waals surface area contributed by atoms with Crippen LogP contribution in [-0.4, -0.2) is 11.1 Å². The normalized spacial score (nSPS) is 12.1. The van der Waals surface area contributed by atoms with Crippen molar-refractivity contribution in [2.24, 2.45) is 5.92 Å². The average molecular weight is 290 g/mol. The first-order chi connectivity index (χ1) is 9.97. The molecule has 0 heterocycles. The number of carbonyl (C=O) groups is 1. The average Bonchev–Trinajstić information content (AvgIpc) is 2.44. The van der Waals surface area contributed by atoms with Gasteiger partial charge in [0.2, 0.25) is 0 Å². The molecule has 0 aliphatic heterocycles.